The molecule has 1 aliphatic heterocycles. The number of hydrogen-bond donors (Lipinski definition) is 1. The van der Waals surface area contributed by atoms with Crippen LogP contribution in [0.1, 0.15) is 6.42 Å². The summed E-state index contributed by atoms with van der Waals surface area (Å²) in [6.07, 6.45) is 0.575. The van der Waals surface area contributed by atoms with Gasteiger partial charge in [-0.2, -0.15) is 0 Å². The highest BCUT2D eigenvalue weighted by Gasteiger charge is 2.22. The van der Waals surface area contributed by atoms with Gasteiger partial charge in [0.2, 0.25) is 5.91 Å². The fourth-order valence-electron chi connectivity index (χ4n) is 2.48. The molecule has 2 rings (SSSR count). The van der Waals surface area contributed by atoms with Gasteiger partial charge in [-0.3, -0.25) is 4.79 Å². The van der Waals surface area contributed by atoms with Crippen LogP contribution >= 0.6 is 0 Å². The zero-order chi connectivity index (χ0) is 14.4. The van der Waals surface area contributed by atoms with Crippen molar-refractivity contribution in [2.75, 3.05) is 51.8 Å². The first kappa shape index (κ1) is 14.7. The minimum absolute atomic E-state index is 0.235. The molecule has 20 heavy (non-hydrogen) atoms. The number of piperazine rings is 1. The molecular weight excluding hydrogens is 254 g/mol. The first-order valence-corrected chi connectivity index (χ1v) is 7.06. The summed E-state index contributed by atoms with van der Waals surface area (Å²) in [4.78, 5) is 16.2. The lowest BCUT2D eigenvalue weighted by Gasteiger charge is -2.36. The molecule has 0 saturated carbocycles. The standard InChI is InChI=1S/C15H23N3O2/c1-16-8-7-15(19)18-11-9-17(10-12-18)13-5-3-4-6-14(13)20-2/h3-6,16H,7-12H2,1-2H3. The number of benzene rings is 1. The fourth-order valence-corrected chi connectivity index (χ4v) is 2.48. The summed E-state index contributed by atoms with van der Waals surface area (Å²) in [7, 11) is 3.56. The van der Waals surface area contributed by atoms with Gasteiger partial charge in [0.15, 0.2) is 0 Å². The Balaban J connectivity index is 1.92. The summed E-state index contributed by atoms with van der Waals surface area (Å²) in [6.45, 7) is 4.00. The van der Waals surface area contributed by atoms with Crippen molar-refractivity contribution in [1.82, 2.24) is 10.2 Å². The maximum absolute atomic E-state index is 12.0. The van der Waals surface area contributed by atoms with Crippen LogP contribution in [0.3, 0.4) is 0 Å². The average molecular weight is 277 g/mol. The molecule has 1 N–H and O–H groups in total. The van der Waals surface area contributed by atoms with E-state index in [9.17, 15) is 4.79 Å². The van der Waals surface area contributed by atoms with Crippen LogP contribution in [-0.4, -0.2) is 57.7 Å². The maximum atomic E-state index is 12.0. The van der Waals surface area contributed by atoms with Gasteiger partial charge in [0.05, 0.1) is 12.8 Å². The number of nitrogens with one attached hydrogen (secondary N) is 1. The molecule has 5 nitrogen and oxygen atoms in total. The number of hydrogen-bond acceptors (Lipinski definition) is 4. The predicted octanol–water partition coefficient (Wildman–Crippen LogP) is 0.953. The molecule has 0 aliphatic carbocycles. The van der Waals surface area contributed by atoms with Crippen LogP contribution in [0.2, 0.25) is 0 Å². The van der Waals surface area contributed by atoms with Crippen LogP contribution in [0.5, 0.6) is 5.75 Å². The van der Waals surface area contributed by atoms with Crippen molar-refractivity contribution in [3.8, 4) is 5.75 Å². The van der Waals surface area contributed by atoms with Crippen LogP contribution in [0.15, 0.2) is 24.3 Å². The van der Waals surface area contributed by atoms with Crippen molar-refractivity contribution < 1.29 is 9.53 Å². The molecule has 0 aromatic heterocycles. The van der Waals surface area contributed by atoms with Crippen LogP contribution in [0.25, 0.3) is 0 Å². The van der Waals surface area contributed by atoms with Gasteiger partial charge in [0.1, 0.15) is 5.75 Å². The van der Waals surface area contributed by atoms with Gasteiger partial charge in [-0.15, -0.1) is 0 Å². The molecule has 0 spiro atoms. The van der Waals surface area contributed by atoms with E-state index in [-0.39, 0.29) is 5.91 Å². The number of carbonyl (C=O) groups excluding carboxylic acids is 1. The Kier molecular flexibility index (Phi) is 5.24. The number of ether oxygens (including phenoxy) is 1. The van der Waals surface area contributed by atoms with Gasteiger partial charge in [0.25, 0.3) is 0 Å². The average Bonchev–Trinajstić information content (AvgIpc) is 2.52. The molecule has 1 saturated heterocycles. The minimum Gasteiger partial charge on any atom is -0.495 e. The van der Waals surface area contributed by atoms with Gasteiger partial charge < -0.3 is 19.9 Å². The second kappa shape index (κ2) is 7.14. The number of nitrogens with zero attached hydrogens (tertiary/aromatic N) is 2. The molecule has 0 radical (unpaired) electrons. The molecular formula is C15H23N3O2. The zero-order valence-electron chi connectivity index (χ0n) is 12.3. The smallest absolute Gasteiger partial charge is 0.223 e. The molecule has 5 heteroatoms. The van der Waals surface area contributed by atoms with Gasteiger partial charge in [-0.05, 0) is 19.2 Å². The Morgan fingerprint density at radius 3 is 2.60 bits per heavy atom. The van der Waals surface area contributed by atoms with E-state index in [0.29, 0.717) is 6.42 Å². The van der Waals surface area contributed by atoms with E-state index in [2.05, 4.69) is 16.3 Å². The molecule has 110 valence electrons. The normalized spacial score (nSPS) is 15.3. The van der Waals surface area contributed by atoms with Crippen LogP contribution < -0.4 is 15.0 Å². The Morgan fingerprint density at radius 2 is 1.95 bits per heavy atom. The Labute approximate surface area is 120 Å². The lowest BCUT2D eigenvalue weighted by Crippen LogP contribution is -2.49. The molecule has 1 amide bonds. The second-order valence-corrected chi connectivity index (χ2v) is 4.89. The summed E-state index contributed by atoms with van der Waals surface area (Å²) >= 11 is 0. The summed E-state index contributed by atoms with van der Waals surface area (Å²) in [5.74, 6) is 1.13. The third-order valence-electron chi connectivity index (χ3n) is 3.65. The SMILES string of the molecule is CNCCC(=O)N1CCN(c2ccccc2OC)CC1. The van der Waals surface area contributed by atoms with E-state index in [0.717, 1.165) is 44.2 Å². The quantitative estimate of drug-likeness (QED) is 0.870. The van der Waals surface area contributed by atoms with Crippen molar-refractivity contribution in [2.45, 2.75) is 6.42 Å². The third-order valence-corrected chi connectivity index (χ3v) is 3.65. The Bertz CT molecular complexity index is 442. The summed E-state index contributed by atoms with van der Waals surface area (Å²) in [5, 5.41) is 3.01. The van der Waals surface area contributed by atoms with Crippen molar-refractivity contribution in [3.05, 3.63) is 24.3 Å². The predicted molar refractivity (Wildman–Crippen MR) is 80.3 cm³/mol. The first-order chi connectivity index (χ1) is 9.76. The minimum atomic E-state index is 0.235. The zero-order valence-corrected chi connectivity index (χ0v) is 12.3. The molecule has 1 aromatic carbocycles. The molecule has 1 heterocycles. The summed E-state index contributed by atoms with van der Waals surface area (Å²) < 4.78 is 5.40. The van der Waals surface area contributed by atoms with Crippen LogP contribution in [0.4, 0.5) is 5.69 Å². The lowest BCUT2D eigenvalue weighted by atomic mass is 10.2. The number of methoxy groups -OCH3 is 1. The van der Waals surface area contributed by atoms with E-state index in [1.54, 1.807) is 7.11 Å². The highest BCUT2D eigenvalue weighted by molar-refractivity contribution is 5.76. The number of amides is 1. The molecule has 1 aromatic rings. The van der Waals surface area contributed by atoms with Crippen LogP contribution in [0, 0.1) is 0 Å². The van der Waals surface area contributed by atoms with E-state index in [4.69, 9.17) is 4.74 Å². The number of para-hydroxylation sites is 2. The highest BCUT2D eigenvalue weighted by Crippen LogP contribution is 2.28. The largest absolute Gasteiger partial charge is 0.495 e. The van der Waals surface area contributed by atoms with Crippen molar-refractivity contribution in [1.29, 1.82) is 0 Å². The van der Waals surface area contributed by atoms with Gasteiger partial charge >= 0.3 is 0 Å². The summed E-state index contributed by atoms with van der Waals surface area (Å²) in [5.41, 5.74) is 1.11. The first-order valence-electron chi connectivity index (χ1n) is 7.06. The molecule has 0 atom stereocenters. The van der Waals surface area contributed by atoms with E-state index in [1.807, 2.05) is 30.1 Å². The molecule has 0 bridgehead atoms. The van der Waals surface area contributed by atoms with E-state index < -0.39 is 0 Å². The Hall–Kier alpha value is -1.75. The van der Waals surface area contributed by atoms with Crippen LogP contribution in [-0.2, 0) is 4.79 Å². The highest BCUT2D eigenvalue weighted by atomic mass is 16.5. The van der Waals surface area contributed by atoms with Crippen molar-refractivity contribution in [2.24, 2.45) is 0 Å². The Morgan fingerprint density at radius 1 is 1.25 bits per heavy atom. The van der Waals surface area contributed by atoms with Gasteiger partial charge in [-0.1, -0.05) is 12.1 Å². The molecule has 0 unspecified atom stereocenters. The molecule has 1 aliphatic rings. The van der Waals surface area contributed by atoms with E-state index >= 15 is 0 Å². The fraction of sp³-hybridized carbons (Fsp3) is 0.533. The number of anilines is 1. The number of carbonyl (C=O) groups is 1. The topological polar surface area (TPSA) is 44.8 Å². The van der Waals surface area contributed by atoms with Gasteiger partial charge in [-0.25, -0.2) is 0 Å². The monoisotopic (exact) mass is 277 g/mol. The van der Waals surface area contributed by atoms with Crippen molar-refractivity contribution in [3.63, 3.8) is 0 Å². The van der Waals surface area contributed by atoms with Crippen molar-refractivity contribution >= 4 is 11.6 Å². The lowest BCUT2D eigenvalue weighted by molar-refractivity contribution is -0.131. The van der Waals surface area contributed by atoms with E-state index in [1.165, 1.54) is 0 Å². The van der Waals surface area contributed by atoms with Gasteiger partial charge in [0, 0.05) is 39.1 Å². The second-order valence-electron chi connectivity index (χ2n) is 4.89. The number of rotatable bonds is 5. The third kappa shape index (κ3) is 3.42. The maximum Gasteiger partial charge on any atom is 0.223 e. The molecule has 1 fully saturated rings. The summed E-state index contributed by atoms with van der Waals surface area (Å²) in [6, 6.07) is 8.03.